The first-order valence-corrected chi connectivity index (χ1v) is 8.33. The van der Waals surface area contributed by atoms with Crippen molar-refractivity contribution in [3.05, 3.63) is 0 Å². The van der Waals surface area contributed by atoms with Crippen molar-refractivity contribution in [2.45, 2.75) is 51.7 Å². The van der Waals surface area contributed by atoms with Gasteiger partial charge in [-0.3, -0.25) is 14.4 Å². The minimum atomic E-state index is -1.00. The third kappa shape index (κ3) is 4.67. The number of likely N-dealkylation sites (tertiary alicyclic amines) is 1. The minimum absolute atomic E-state index is 0.0190. The van der Waals surface area contributed by atoms with Crippen LogP contribution < -0.4 is 0 Å². The number of hydrogen-bond acceptors (Lipinski definition) is 4. The highest BCUT2D eigenvalue weighted by atomic mass is 16.5. The number of aliphatic carboxylic acids is 1. The van der Waals surface area contributed by atoms with Gasteiger partial charge in [0.15, 0.2) is 0 Å². The van der Waals surface area contributed by atoms with Crippen LogP contribution in [-0.4, -0.2) is 71.1 Å². The van der Waals surface area contributed by atoms with E-state index < -0.39 is 5.97 Å². The van der Waals surface area contributed by atoms with Crippen LogP contribution in [0.1, 0.15) is 39.5 Å². The molecule has 2 fully saturated rings. The van der Waals surface area contributed by atoms with Crippen LogP contribution >= 0.6 is 0 Å². The third-order valence-corrected chi connectivity index (χ3v) is 4.59. The van der Waals surface area contributed by atoms with Gasteiger partial charge in [-0.25, -0.2) is 0 Å². The highest BCUT2D eigenvalue weighted by Gasteiger charge is 2.46. The molecule has 2 rings (SSSR count). The van der Waals surface area contributed by atoms with E-state index in [0.717, 1.165) is 19.3 Å². The lowest BCUT2D eigenvalue weighted by atomic mass is 10.1. The molecule has 1 heterocycles. The Kier molecular flexibility index (Phi) is 5.98. The van der Waals surface area contributed by atoms with E-state index in [-0.39, 0.29) is 36.4 Å². The zero-order chi connectivity index (χ0) is 17.0. The molecule has 0 aromatic carbocycles. The van der Waals surface area contributed by atoms with Crippen LogP contribution in [0.15, 0.2) is 0 Å². The number of rotatable bonds is 6. The summed E-state index contributed by atoms with van der Waals surface area (Å²) in [6.45, 7) is 4.91. The van der Waals surface area contributed by atoms with Crippen LogP contribution in [0.3, 0.4) is 0 Å². The molecule has 0 radical (unpaired) electrons. The summed E-state index contributed by atoms with van der Waals surface area (Å²) in [5.41, 5.74) is 0. The number of carbonyl (C=O) groups excluding carboxylic acids is 2. The van der Waals surface area contributed by atoms with E-state index in [9.17, 15) is 14.4 Å². The van der Waals surface area contributed by atoms with Crippen molar-refractivity contribution in [2.75, 3.05) is 26.2 Å². The summed E-state index contributed by atoms with van der Waals surface area (Å²) in [7, 11) is 0. The van der Waals surface area contributed by atoms with E-state index in [4.69, 9.17) is 9.84 Å². The Bertz CT molecular complexity index is 467. The quantitative estimate of drug-likeness (QED) is 0.777. The van der Waals surface area contributed by atoms with Crippen LogP contribution in [0.4, 0.5) is 0 Å². The molecule has 23 heavy (non-hydrogen) atoms. The number of carboxylic acid groups (broad SMARTS) is 1. The Balaban J connectivity index is 1.90. The second kappa shape index (κ2) is 7.77. The average Bonchev–Trinajstić information content (AvgIpc) is 3.27. The number of amides is 2. The lowest BCUT2D eigenvalue weighted by molar-refractivity contribution is -0.145. The molecular formula is C16H26N2O5. The Morgan fingerprint density at radius 3 is 2.61 bits per heavy atom. The molecule has 1 saturated carbocycles. The maximum absolute atomic E-state index is 12.5. The first-order chi connectivity index (χ1) is 10.9. The molecular weight excluding hydrogens is 300 g/mol. The summed E-state index contributed by atoms with van der Waals surface area (Å²) in [5, 5.41) is 8.96. The third-order valence-electron chi connectivity index (χ3n) is 4.59. The largest absolute Gasteiger partial charge is 0.480 e. The summed E-state index contributed by atoms with van der Waals surface area (Å²) in [4.78, 5) is 38.4. The van der Waals surface area contributed by atoms with Gasteiger partial charge in [-0.2, -0.15) is 0 Å². The first-order valence-electron chi connectivity index (χ1n) is 8.33. The molecule has 7 heteroatoms. The number of nitrogens with zero attached hydrogens (tertiary/aromatic N) is 2. The number of hydrogen-bond donors (Lipinski definition) is 1. The summed E-state index contributed by atoms with van der Waals surface area (Å²) in [5.74, 6) is -1.11. The Morgan fingerprint density at radius 1 is 1.26 bits per heavy atom. The van der Waals surface area contributed by atoms with Gasteiger partial charge in [-0.15, -0.1) is 0 Å². The molecule has 1 aliphatic heterocycles. The maximum Gasteiger partial charge on any atom is 0.323 e. The number of carboxylic acids is 1. The molecule has 3 atom stereocenters. The monoisotopic (exact) mass is 326 g/mol. The molecule has 2 aliphatic rings. The summed E-state index contributed by atoms with van der Waals surface area (Å²) in [6.07, 6.45) is 3.00. The summed E-state index contributed by atoms with van der Waals surface area (Å²) < 4.78 is 5.48. The Labute approximate surface area is 136 Å². The Hall–Kier alpha value is -1.63. The fourth-order valence-electron chi connectivity index (χ4n) is 3.32. The molecule has 1 N–H and O–H groups in total. The van der Waals surface area contributed by atoms with Gasteiger partial charge in [0.25, 0.3) is 0 Å². The molecule has 1 saturated heterocycles. The van der Waals surface area contributed by atoms with Crippen molar-refractivity contribution >= 4 is 17.8 Å². The predicted octanol–water partition coefficient (Wildman–Crippen LogP) is 0.726. The van der Waals surface area contributed by atoms with Crippen molar-refractivity contribution in [3.63, 3.8) is 0 Å². The van der Waals surface area contributed by atoms with Crippen molar-refractivity contribution in [1.29, 1.82) is 0 Å². The van der Waals surface area contributed by atoms with Gasteiger partial charge in [0, 0.05) is 32.7 Å². The molecule has 3 unspecified atom stereocenters. The van der Waals surface area contributed by atoms with E-state index in [1.165, 1.54) is 11.8 Å². The predicted molar refractivity (Wildman–Crippen MR) is 82.8 cm³/mol. The zero-order valence-electron chi connectivity index (χ0n) is 13.9. The fraction of sp³-hybridized carbons (Fsp3) is 0.812. The highest BCUT2D eigenvalue weighted by Crippen LogP contribution is 2.36. The van der Waals surface area contributed by atoms with E-state index >= 15 is 0 Å². The molecule has 0 bridgehead atoms. The Morgan fingerprint density at radius 2 is 2.00 bits per heavy atom. The van der Waals surface area contributed by atoms with E-state index in [0.29, 0.717) is 26.1 Å². The zero-order valence-corrected chi connectivity index (χ0v) is 13.9. The molecule has 2 amide bonds. The molecule has 0 aromatic rings. The van der Waals surface area contributed by atoms with Gasteiger partial charge < -0.3 is 19.6 Å². The van der Waals surface area contributed by atoms with Gasteiger partial charge in [-0.05, 0) is 32.6 Å². The van der Waals surface area contributed by atoms with Gasteiger partial charge in [0.05, 0.1) is 12.0 Å². The number of ether oxygens (including phenoxy) is 1. The fourth-order valence-corrected chi connectivity index (χ4v) is 3.32. The molecule has 7 nitrogen and oxygen atoms in total. The van der Waals surface area contributed by atoms with Gasteiger partial charge in [0.2, 0.25) is 11.8 Å². The van der Waals surface area contributed by atoms with Crippen LogP contribution in [0.5, 0.6) is 0 Å². The molecule has 1 aliphatic carbocycles. The summed E-state index contributed by atoms with van der Waals surface area (Å²) in [6, 6.07) is -0.108. The first kappa shape index (κ1) is 17.7. The standard InChI is InChI=1S/C16H26N2O5/c1-3-23-14-9-13(14)16(22)17-7-4-5-12(6-8-17)18(11(2)19)10-15(20)21/h12-14H,3-10H2,1-2H3,(H,20,21). The molecule has 0 aromatic heterocycles. The topological polar surface area (TPSA) is 87.2 Å². The lowest BCUT2D eigenvalue weighted by Gasteiger charge is -2.28. The van der Waals surface area contributed by atoms with Gasteiger partial charge in [0.1, 0.15) is 6.54 Å². The SMILES string of the molecule is CCOC1CC1C(=O)N1CCCC(N(CC(=O)O)C(C)=O)CC1. The molecule has 130 valence electrons. The van der Waals surface area contributed by atoms with Crippen molar-refractivity contribution in [3.8, 4) is 0 Å². The van der Waals surface area contributed by atoms with Crippen LogP contribution in [0.25, 0.3) is 0 Å². The van der Waals surface area contributed by atoms with Crippen molar-refractivity contribution in [2.24, 2.45) is 5.92 Å². The lowest BCUT2D eigenvalue weighted by Crippen LogP contribution is -2.43. The van der Waals surface area contributed by atoms with E-state index in [1.807, 2.05) is 11.8 Å². The van der Waals surface area contributed by atoms with Gasteiger partial charge >= 0.3 is 5.97 Å². The smallest absolute Gasteiger partial charge is 0.323 e. The average molecular weight is 326 g/mol. The van der Waals surface area contributed by atoms with Crippen LogP contribution in [0, 0.1) is 5.92 Å². The second-order valence-electron chi connectivity index (χ2n) is 6.29. The number of carbonyl (C=O) groups is 3. The van der Waals surface area contributed by atoms with Crippen LogP contribution in [-0.2, 0) is 19.1 Å². The van der Waals surface area contributed by atoms with Crippen molar-refractivity contribution in [1.82, 2.24) is 9.80 Å². The maximum atomic E-state index is 12.5. The van der Waals surface area contributed by atoms with Crippen LogP contribution in [0.2, 0.25) is 0 Å². The van der Waals surface area contributed by atoms with Gasteiger partial charge in [-0.1, -0.05) is 0 Å². The highest BCUT2D eigenvalue weighted by molar-refractivity contribution is 5.82. The summed E-state index contributed by atoms with van der Waals surface area (Å²) >= 11 is 0. The van der Waals surface area contributed by atoms with Crippen molar-refractivity contribution < 1.29 is 24.2 Å². The second-order valence-corrected chi connectivity index (χ2v) is 6.29. The van der Waals surface area contributed by atoms with E-state index in [1.54, 1.807) is 0 Å². The van der Waals surface area contributed by atoms with E-state index in [2.05, 4.69) is 0 Å². The minimum Gasteiger partial charge on any atom is -0.480 e. The normalized spacial score (nSPS) is 27.2. The molecule has 0 spiro atoms.